The summed E-state index contributed by atoms with van der Waals surface area (Å²) in [6.45, 7) is 1.99. The topological polar surface area (TPSA) is 0 Å². The fraction of sp³-hybridized carbons (Fsp3) is 1.00. The lowest BCUT2D eigenvalue weighted by Crippen LogP contribution is -1.89. The molecule has 0 aromatic carbocycles. The van der Waals surface area contributed by atoms with Gasteiger partial charge >= 0.3 is 0 Å². The molecule has 0 aliphatic heterocycles. The van der Waals surface area contributed by atoms with Gasteiger partial charge in [0, 0.05) is 11.1 Å². The summed E-state index contributed by atoms with van der Waals surface area (Å²) in [4.78, 5) is 0. The van der Waals surface area contributed by atoms with Crippen molar-refractivity contribution in [3.8, 4) is 0 Å². The van der Waals surface area contributed by atoms with Crippen LogP contribution in [-0.2, 0) is 0 Å². The number of hydrogen-bond acceptors (Lipinski definition) is 0. The van der Waals surface area contributed by atoms with E-state index in [4.69, 9.17) is 24.2 Å². The van der Waals surface area contributed by atoms with Crippen molar-refractivity contribution in [1.82, 2.24) is 0 Å². The van der Waals surface area contributed by atoms with Crippen LogP contribution in [-0.4, -0.2) is 11.1 Å². The summed E-state index contributed by atoms with van der Waals surface area (Å²) in [7, 11) is 0. The van der Waals surface area contributed by atoms with E-state index in [0.29, 0.717) is 5.38 Å². The van der Waals surface area contributed by atoms with Gasteiger partial charge in [0.1, 0.15) is 0 Å². The van der Waals surface area contributed by atoms with Crippen LogP contribution in [0.2, 0.25) is 0 Å². The molecule has 0 amide bonds. The van der Waals surface area contributed by atoms with Crippen LogP contribution in [0.5, 0.6) is 0 Å². The van der Waals surface area contributed by atoms with Crippen molar-refractivity contribution in [2.75, 3.05) is 5.75 Å². The van der Waals surface area contributed by atoms with Crippen molar-refractivity contribution in [3.05, 3.63) is 0 Å². The standard InChI is InChI=1S/C5H10ClS/c1-5(6)3-2-4-7/h5H,2-4H2,1H3. The highest BCUT2D eigenvalue weighted by atomic mass is 35.5. The third-order valence-corrected chi connectivity index (χ3v) is 1.25. The Hall–Kier alpha value is 0.640. The van der Waals surface area contributed by atoms with Crippen molar-refractivity contribution in [1.29, 1.82) is 0 Å². The molecule has 0 fully saturated rings. The molecule has 0 aliphatic rings. The fourth-order valence-electron chi connectivity index (χ4n) is 0.365. The van der Waals surface area contributed by atoms with Gasteiger partial charge in [-0.2, -0.15) is 0 Å². The lowest BCUT2D eigenvalue weighted by molar-refractivity contribution is 0.788. The lowest BCUT2D eigenvalue weighted by atomic mass is 10.3. The number of halogens is 1. The molecule has 43 valence electrons. The first-order chi connectivity index (χ1) is 3.27. The fourth-order valence-corrected chi connectivity index (χ4v) is 0.686. The molecule has 1 atom stereocenters. The molecular weight excluding hydrogens is 128 g/mol. The predicted octanol–water partition coefficient (Wildman–Crippen LogP) is 2.59. The van der Waals surface area contributed by atoms with Gasteiger partial charge in [0.05, 0.1) is 0 Å². The van der Waals surface area contributed by atoms with Gasteiger partial charge in [-0.25, -0.2) is 0 Å². The predicted molar refractivity (Wildman–Crippen MR) is 37.0 cm³/mol. The summed E-state index contributed by atoms with van der Waals surface area (Å²) in [6, 6.07) is 0. The van der Waals surface area contributed by atoms with E-state index in [-0.39, 0.29) is 0 Å². The lowest BCUT2D eigenvalue weighted by Gasteiger charge is -1.95. The summed E-state index contributed by atoms with van der Waals surface area (Å²) in [6.07, 6.45) is 2.14. The summed E-state index contributed by atoms with van der Waals surface area (Å²) in [5.74, 6) is 0.844. The van der Waals surface area contributed by atoms with E-state index in [1.54, 1.807) is 0 Å². The minimum absolute atomic E-state index is 0.308. The zero-order valence-electron chi connectivity index (χ0n) is 4.48. The Morgan fingerprint density at radius 3 is 2.43 bits per heavy atom. The van der Waals surface area contributed by atoms with E-state index in [2.05, 4.69) is 0 Å². The van der Waals surface area contributed by atoms with Crippen LogP contribution in [0.25, 0.3) is 0 Å². The number of alkyl halides is 1. The molecule has 0 aromatic rings. The number of hydrogen-bond donors (Lipinski definition) is 0. The summed E-state index contributed by atoms with van der Waals surface area (Å²) < 4.78 is 0. The van der Waals surface area contributed by atoms with Crippen LogP contribution in [0.15, 0.2) is 0 Å². The van der Waals surface area contributed by atoms with Crippen LogP contribution in [0.4, 0.5) is 0 Å². The Balaban J connectivity index is 2.68. The molecule has 0 heterocycles. The molecule has 0 spiro atoms. The molecule has 0 N–H and O–H groups in total. The third-order valence-electron chi connectivity index (χ3n) is 0.746. The van der Waals surface area contributed by atoms with Gasteiger partial charge in [-0.1, -0.05) is 12.6 Å². The quantitative estimate of drug-likeness (QED) is 0.525. The van der Waals surface area contributed by atoms with Crippen LogP contribution in [0, 0.1) is 0 Å². The van der Waals surface area contributed by atoms with E-state index in [1.807, 2.05) is 6.92 Å². The van der Waals surface area contributed by atoms with Crippen molar-refractivity contribution >= 4 is 24.2 Å². The van der Waals surface area contributed by atoms with Crippen molar-refractivity contribution in [2.24, 2.45) is 0 Å². The molecule has 2 heteroatoms. The van der Waals surface area contributed by atoms with Gasteiger partial charge < -0.3 is 0 Å². The molecule has 1 radical (unpaired) electrons. The summed E-state index contributed by atoms with van der Waals surface area (Å²) >= 11 is 10.3. The zero-order chi connectivity index (χ0) is 5.70. The minimum atomic E-state index is 0.308. The molecular formula is C5H10ClS. The molecule has 0 saturated carbocycles. The largest absolute Gasteiger partial charge is 0.123 e. The second-order valence-electron chi connectivity index (χ2n) is 1.63. The molecule has 0 rings (SSSR count). The van der Waals surface area contributed by atoms with Crippen molar-refractivity contribution < 1.29 is 0 Å². The molecule has 0 nitrogen and oxygen atoms in total. The highest BCUT2D eigenvalue weighted by molar-refractivity contribution is 7.80. The number of rotatable bonds is 3. The Morgan fingerprint density at radius 1 is 1.71 bits per heavy atom. The first-order valence-corrected chi connectivity index (χ1v) is 3.51. The second kappa shape index (κ2) is 4.79. The van der Waals surface area contributed by atoms with Crippen LogP contribution in [0.1, 0.15) is 19.8 Å². The maximum absolute atomic E-state index is 5.61. The van der Waals surface area contributed by atoms with Gasteiger partial charge in [-0.3, -0.25) is 0 Å². The molecule has 1 unspecified atom stereocenters. The minimum Gasteiger partial charge on any atom is -0.123 e. The van der Waals surface area contributed by atoms with E-state index >= 15 is 0 Å². The summed E-state index contributed by atoms with van der Waals surface area (Å²) in [5, 5.41) is 0.308. The molecule has 0 aliphatic carbocycles. The SMILES string of the molecule is CC(Cl)CCC[S]. The van der Waals surface area contributed by atoms with Crippen molar-refractivity contribution in [2.45, 2.75) is 25.1 Å². The highest BCUT2D eigenvalue weighted by Crippen LogP contribution is 2.03. The first kappa shape index (κ1) is 7.64. The van der Waals surface area contributed by atoms with Gasteiger partial charge in [-0.05, 0) is 19.8 Å². The van der Waals surface area contributed by atoms with Gasteiger partial charge in [0.2, 0.25) is 0 Å². The van der Waals surface area contributed by atoms with Crippen molar-refractivity contribution in [3.63, 3.8) is 0 Å². The van der Waals surface area contributed by atoms with E-state index in [0.717, 1.165) is 18.6 Å². The Kier molecular flexibility index (Phi) is 5.23. The van der Waals surface area contributed by atoms with E-state index < -0.39 is 0 Å². The van der Waals surface area contributed by atoms with Crippen LogP contribution in [0.3, 0.4) is 0 Å². The maximum atomic E-state index is 5.61. The summed E-state index contributed by atoms with van der Waals surface area (Å²) in [5.41, 5.74) is 0. The monoisotopic (exact) mass is 137 g/mol. The average molecular weight is 138 g/mol. The molecule has 7 heavy (non-hydrogen) atoms. The Morgan fingerprint density at radius 2 is 2.29 bits per heavy atom. The van der Waals surface area contributed by atoms with Gasteiger partial charge in [0.15, 0.2) is 0 Å². The van der Waals surface area contributed by atoms with E-state index in [1.165, 1.54) is 0 Å². The zero-order valence-corrected chi connectivity index (χ0v) is 6.06. The molecule has 0 bridgehead atoms. The third kappa shape index (κ3) is 6.64. The Bertz CT molecular complexity index is 37.1. The first-order valence-electron chi connectivity index (χ1n) is 2.49. The molecule has 0 saturated heterocycles. The van der Waals surface area contributed by atoms with Crippen LogP contribution >= 0.6 is 24.2 Å². The maximum Gasteiger partial charge on any atom is 0.0308 e. The smallest absolute Gasteiger partial charge is 0.0308 e. The van der Waals surface area contributed by atoms with E-state index in [9.17, 15) is 0 Å². The highest BCUT2D eigenvalue weighted by Gasteiger charge is 1.91. The van der Waals surface area contributed by atoms with Crippen LogP contribution < -0.4 is 0 Å². The average Bonchev–Trinajstić information content (AvgIpc) is 1.61. The van der Waals surface area contributed by atoms with Gasteiger partial charge in [0.25, 0.3) is 0 Å². The molecule has 0 aromatic heterocycles. The second-order valence-corrected chi connectivity index (χ2v) is 2.78. The Labute approximate surface area is 55.7 Å². The van der Waals surface area contributed by atoms with Gasteiger partial charge in [-0.15, -0.1) is 11.6 Å². The normalized spacial score (nSPS) is 14.1.